The molecule has 3 unspecified atom stereocenters. The van der Waals surface area contributed by atoms with E-state index in [1.165, 1.54) is 31.9 Å². The van der Waals surface area contributed by atoms with Crippen LogP contribution < -0.4 is 5.32 Å². The van der Waals surface area contributed by atoms with E-state index in [0.29, 0.717) is 24.2 Å². The summed E-state index contributed by atoms with van der Waals surface area (Å²) in [5.41, 5.74) is 0.417. The van der Waals surface area contributed by atoms with Gasteiger partial charge in [-0.15, -0.1) is 0 Å². The minimum Gasteiger partial charge on any atom is -0.387 e. The Morgan fingerprint density at radius 3 is 2.86 bits per heavy atom. The summed E-state index contributed by atoms with van der Waals surface area (Å²) in [6, 6.07) is 4.53. The Bertz CT molecular complexity index is 497. The van der Waals surface area contributed by atoms with Crippen LogP contribution in [-0.2, 0) is 0 Å². The third-order valence-electron chi connectivity index (χ3n) is 4.76. The van der Waals surface area contributed by atoms with E-state index in [2.05, 4.69) is 10.2 Å². The lowest BCUT2D eigenvalue weighted by molar-refractivity contribution is 0.150. The van der Waals surface area contributed by atoms with Crippen LogP contribution in [0.3, 0.4) is 0 Å². The smallest absolute Gasteiger partial charge is 0.159 e. The number of aliphatic hydroxyl groups excluding tert-OH is 1. The number of hydrogen-bond donors (Lipinski definition) is 2. The Morgan fingerprint density at radius 2 is 2.05 bits per heavy atom. The molecule has 0 saturated carbocycles. The third kappa shape index (κ3) is 3.25. The zero-order valence-electron chi connectivity index (χ0n) is 12.1. The second-order valence-corrected chi connectivity index (χ2v) is 6.09. The predicted octanol–water partition coefficient (Wildman–Crippen LogP) is 2.21. The average molecular weight is 296 g/mol. The van der Waals surface area contributed by atoms with Crippen molar-refractivity contribution in [1.29, 1.82) is 0 Å². The molecule has 3 nitrogen and oxygen atoms in total. The SMILES string of the molecule is OC(CNC1CCN2CCCCC12)c1ccc(F)c(F)c1. The summed E-state index contributed by atoms with van der Waals surface area (Å²) in [6.07, 6.45) is 4.04. The Morgan fingerprint density at radius 1 is 1.19 bits per heavy atom. The van der Waals surface area contributed by atoms with Gasteiger partial charge in [-0.2, -0.15) is 0 Å². The molecule has 116 valence electrons. The number of halogens is 2. The van der Waals surface area contributed by atoms with E-state index in [4.69, 9.17) is 0 Å². The van der Waals surface area contributed by atoms with Crippen LogP contribution in [0.4, 0.5) is 8.78 Å². The van der Waals surface area contributed by atoms with Gasteiger partial charge in [0, 0.05) is 25.2 Å². The molecule has 0 aromatic heterocycles. The Balaban J connectivity index is 1.55. The molecule has 0 aliphatic carbocycles. The van der Waals surface area contributed by atoms with Crippen molar-refractivity contribution in [3.05, 3.63) is 35.4 Å². The number of nitrogens with zero attached hydrogens (tertiary/aromatic N) is 1. The summed E-state index contributed by atoms with van der Waals surface area (Å²) in [5, 5.41) is 13.5. The van der Waals surface area contributed by atoms with Crippen molar-refractivity contribution >= 4 is 0 Å². The van der Waals surface area contributed by atoms with Crippen LogP contribution in [0.1, 0.15) is 37.4 Å². The van der Waals surface area contributed by atoms with Crippen LogP contribution in [0.15, 0.2) is 18.2 Å². The second kappa shape index (κ2) is 6.38. The van der Waals surface area contributed by atoms with Crippen molar-refractivity contribution < 1.29 is 13.9 Å². The quantitative estimate of drug-likeness (QED) is 0.894. The number of aliphatic hydroxyl groups is 1. The average Bonchev–Trinajstić information content (AvgIpc) is 2.91. The van der Waals surface area contributed by atoms with Crippen LogP contribution in [0, 0.1) is 11.6 Å². The van der Waals surface area contributed by atoms with E-state index in [1.54, 1.807) is 0 Å². The molecule has 3 rings (SSSR count). The fraction of sp³-hybridized carbons (Fsp3) is 0.625. The minimum absolute atomic E-state index is 0.375. The van der Waals surface area contributed by atoms with Gasteiger partial charge in [-0.3, -0.25) is 4.90 Å². The molecule has 2 N–H and O–H groups in total. The normalized spacial score (nSPS) is 27.6. The van der Waals surface area contributed by atoms with Gasteiger partial charge in [0.2, 0.25) is 0 Å². The van der Waals surface area contributed by atoms with Gasteiger partial charge in [0.15, 0.2) is 11.6 Å². The molecular formula is C16H22F2N2O. The molecule has 0 amide bonds. The maximum absolute atomic E-state index is 13.2. The minimum atomic E-state index is -0.911. The number of nitrogens with one attached hydrogen (secondary N) is 1. The van der Waals surface area contributed by atoms with Gasteiger partial charge in [-0.25, -0.2) is 8.78 Å². The van der Waals surface area contributed by atoms with Crippen molar-refractivity contribution in [3.63, 3.8) is 0 Å². The lowest BCUT2D eigenvalue weighted by atomic mass is 9.98. The van der Waals surface area contributed by atoms with Crippen LogP contribution in [0.5, 0.6) is 0 Å². The van der Waals surface area contributed by atoms with Crippen LogP contribution in [-0.4, -0.2) is 41.7 Å². The summed E-state index contributed by atoms with van der Waals surface area (Å²) in [4.78, 5) is 2.52. The van der Waals surface area contributed by atoms with E-state index in [1.807, 2.05) is 0 Å². The van der Waals surface area contributed by atoms with Crippen LogP contribution in [0.25, 0.3) is 0 Å². The van der Waals surface area contributed by atoms with Gasteiger partial charge in [-0.05, 0) is 43.5 Å². The largest absolute Gasteiger partial charge is 0.387 e. The number of rotatable bonds is 4. The van der Waals surface area contributed by atoms with Gasteiger partial charge in [0.25, 0.3) is 0 Å². The standard InChI is InChI=1S/C16H22F2N2O/c17-12-5-4-11(9-13(12)18)16(21)10-19-14-6-8-20-7-2-1-3-15(14)20/h4-5,9,14-16,19,21H,1-3,6-8,10H2. The van der Waals surface area contributed by atoms with E-state index in [-0.39, 0.29) is 0 Å². The van der Waals surface area contributed by atoms with Gasteiger partial charge < -0.3 is 10.4 Å². The van der Waals surface area contributed by atoms with Crippen molar-refractivity contribution in [2.75, 3.05) is 19.6 Å². The fourth-order valence-corrected chi connectivity index (χ4v) is 3.59. The lowest BCUT2D eigenvalue weighted by Gasteiger charge is -2.33. The molecule has 0 spiro atoms. The zero-order chi connectivity index (χ0) is 14.8. The molecule has 0 bridgehead atoms. The third-order valence-corrected chi connectivity index (χ3v) is 4.76. The van der Waals surface area contributed by atoms with E-state index in [9.17, 15) is 13.9 Å². The molecule has 0 radical (unpaired) electrons. The number of hydrogen-bond acceptors (Lipinski definition) is 3. The highest BCUT2D eigenvalue weighted by molar-refractivity contribution is 5.20. The fourth-order valence-electron chi connectivity index (χ4n) is 3.59. The van der Waals surface area contributed by atoms with Crippen molar-refractivity contribution in [2.24, 2.45) is 0 Å². The molecule has 1 aromatic carbocycles. The maximum Gasteiger partial charge on any atom is 0.159 e. The van der Waals surface area contributed by atoms with Gasteiger partial charge in [0.05, 0.1) is 6.10 Å². The van der Waals surface area contributed by atoms with E-state index >= 15 is 0 Å². The summed E-state index contributed by atoms with van der Waals surface area (Å²) < 4.78 is 26.1. The first-order valence-corrected chi connectivity index (χ1v) is 7.75. The monoisotopic (exact) mass is 296 g/mol. The number of benzene rings is 1. The van der Waals surface area contributed by atoms with Crippen LogP contribution in [0.2, 0.25) is 0 Å². The first-order chi connectivity index (χ1) is 10.1. The maximum atomic E-state index is 13.2. The molecule has 2 fully saturated rings. The van der Waals surface area contributed by atoms with Gasteiger partial charge in [0.1, 0.15) is 0 Å². The van der Waals surface area contributed by atoms with Gasteiger partial charge in [-0.1, -0.05) is 12.5 Å². The highest BCUT2D eigenvalue weighted by Gasteiger charge is 2.35. The molecule has 2 saturated heterocycles. The van der Waals surface area contributed by atoms with Crippen molar-refractivity contribution in [3.8, 4) is 0 Å². The topological polar surface area (TPSA) is 35.5 Å². The summed E-state index contributed by atoms with van der Waals surface area (Å²) in [7, 11) is 0. The first-order valence-electron chi connectivity index (χ1n) is 7.75. The molecule has 3 atom stereocenters. The molecule has 21 heavy (non-hydrogen) atoms. The highest BCUT2D eigenvalue weighted by atomic mass is 19.2. The first kappa shape index (κ1) is 14.9. The van der Waals surface area contributed by atoms with Crippen molar-refractivity contribution in [1.82, 2.24) is 10.2 Å². The van der Waals surface area contributed by atoms with E-state index in [0.717, 1.165) is 25.1 Å². The molecule has 5 heteroatoms. The highest BCUT2D eigenvalue weighted by Crippen LogP contribution is 2.27. The molecular weight excluding hydrogens is 274 g/mol. The Labute approximate surface area is 124 Å². The Hall–Kier alpha value is -1.04. The summed E-state index contributed by atoms with van der Waals surface area (Å²) >= 11 is 0. The predicted molar refractivity (Wildman–Crippen MR) is 76.9 cm³/mol. The molecule has 2 aliphatic rings. The number of piperidine rings is 1. The number of fused-ring (bicyclic) bond motifs is 1. The lowest BCUT2D eigenvalue weighted by Crippen LogP contribution is -2.45. The zero-order valence-corrected chi connectivity index (χ0v) is 12.1. The summed E-state index contributed by atoms with van der Waals surface area (Å²) in [5.74, 6) is -1.79. The van der Waals surface area contributed by atoms with Crippen molar-refractivity contribution in [2.45, 2.75) is 43.9 Å². The molecule has 2 aliphatic heterocycles. The van der Waals surface area contributed by atoms with E-state index < -0.39 is 17.7 Å². The summed E-state index contributed by atoms with van der Waals surface area (Å²) in [6.45, 7) is 2.66. The second-order valence-electron chi connectivity index (χ2n) is 6.09. The molecule has 1 aromatic rings. The van der Waals surface area contributed by atoms with Crippen LogP contribution >= 0.6 is 0 Å². The molecule has 2 heterocycles. The Kier molecular flexibility index (Phi) is 4.52. The van der Waals surface area contributed by atoms with Gasteiger partial charge >= 0.3 is 0 Å².